The van der Waals surface area contributed by atoms with Gasteiger partial charge in [-0.05, 0) is 18.0 Å². The molecule has 1 aromatic rings. The SMILES string of the molecule is CN1CCN(Cc2cs[c]c2Cl)CC1. The van der Waals surface area contributed by atoms with Crippen LogP contribution in [0.3, 0.4) is 0 Å². The highest BCUT2D eigenvalue weighted by Crippen LogP contribution is 2.21. The molecular formula is C10H14ClN2S. The van der Waals surface area contributed by atoms with Gasteiger partial charge in [0.1, 0.15) is 0 Å². The molecule has 0 unspecified atom stereocenters. The van der Waals surface area contributed by atoms with E-state index in [0.29, 0.717) is 0 Å². The average molecular weight is 230 g/mol. The third-order valence-corrected chi connectivity index (χ3v) is 3.80. The van der Waals surface area contributed by atoms with Crippen molar-refractivity contribution in [3.8, 4) is 0 Å². The Hall–Kier alpha value is -0.0900. The molecule has 1 aromatic heterocycles. The molecule has 0 N–H and O–H groups in total. The largest absolute Gasteiger partial charge is 0.304 e. The van der Waals surface area contributed by atoms with E-state index in [1.54, 1.807) is 11.3 Å². The average Bonchev–Trinajstić information content (AvgIpc) is 2.56. The standard InChI is InChI=1S/C10H14ClN2S/c1-12-2-4-13(5-3-12)6-9-7-14-8-10(9)11/h7H,2-6H2,1H3. The Bertz CT molecular complexity index is 292. The molecule has 0 aromatic carbocycles. The summed E-state index contributed by atoms with van der Waals surface area (Å²) in [4.78, 5) is 4.81. The van der Waals surface area contributed by atoms with Crippen LogP contribution < -0.4 is 0 Å². The predicted octanol–water partition coefficient (Wildman–Crippen LogP) is 1.95. The molecule has 2 heterocycles. The van der Waals surface area contributed by atoms with E-state index in [9.17, 15) is 0 Å². The zero-order valence-electron chi connectivity index (χ0n) is 8.29. The van der Waals surface area contributed by atoms with Crippen LogP contribution in [-0.2, 0) is 6.54 Å². The van der Waals surface area contributed by atoms with Gasteiger partial charge in [0, 0.05) is 32.7 Å². The van der Waals surface area contributed by atoms with Gasteiger partial charge >= 0.3 is 0 Å². The number of nitrogens with zero attached hydrogens (tertiary/aromatic N) is 2. The van der Waals surface area contributed by atoms with E-state index < -0.39 is 0 Å². The minimum Gasteiger partial charge on any atom is -0.304 e. The fourth-order valence-corrected chi connectivity index (χ4v) is 2.56. The van der Waals surface area contributed by atoms with Crippen LogP contribution >= 0.6 is 22.9 Å². The van der Waals surface area contributed by atoms with Crippen molar-refractivity contribution in [1.29, 1.82) is 0 Å². The number of halogens is 1. The van der Waals surface area contributed by atoms with E-state index in [-0.39, 0.29) is 0 Å². The maximum Gasteiger partial charge on any atom is 0.0647 e. The van der Waals surface area contributed by atoms with E-state index in [1.165, 1.54) is 5.56 Å². The number of likely N-dealkylation sites (N-methyl/N-ethyl adjacent to an activating group) is 1. The molecule has 1 fully saturated rings. The van der Waals surface area contributed by atoms with Crippen molar-refractivity contribution in [3.05, 3.63) is 21.3 Å². The number of hydrogen-bond donors (Lipinski definition) is 0. The number of thiophene rings is 1. The van der Waals surface area contributed by atoms with E-state index in [2.05, 4.69) is 27.6 Å². The molecule has 0 saturated carbocycles. The summed E-state index contributed by atoms with van der Waals surface area (Å²) in [5.41, 5.74) is 1.22. The van der Waals surface area contributed by atoms with Gasteiger partial charge < -0.3 is 4.90 Å². The number of hydrogen-bond acceptors (Lipinski definition) is 3. The van der Waals surface area contributed by atoms with Crippen LogP contribution in [0.2, 0.25) is 5.02 Å². The van der Waals surface area contributed by atoms with E-state index in [4.69, 9.17) is 11.6 Å². The minimum atomic E-state index is 0.800. The van der Waals surface area contributed by atoms with E-state index in [1.807, 2.05) is 0 Å². The first-order valence-corrected chi connectivity index (χ1v) is 6.06. The summed E-state index contributed by atoms with van der Waals surface area (Å²) in [6, 6.07) is 0. The summed E-state index contributed by atoms with van der Waals surface area (Å²) in [6.45, 7) is 5.58. The molecule has 2 nitrogen and oxygen atoms in total. The highest BCUT2D eigenvalue weighted by atomic mass is 35.5. The molecule has 1 saturated heterocycles. The first-order valence-electron chi connectivity index (χ1n) is 4.80. The normalized spacial score (nSPS) is 20.1. The van der Waals surface area contributed by atoms with Crippen molar-refractivity contribution in [2.75, 3.05) is 33.2 Å². The van der Waals surface area contributed by atoms with Crippen LogP contribution in [0, 0.1) is 5.38 Å². The topological polar surface area (TPSA) is 6.48 Å². The molecule has 0 atom stereocenters. The third kappa shape index (κ3) is 2.48. The molecule has 0 bridgehead atoms. The highest BCUT2D eigenvalue weighted by Gasteiger charge is 2.15. The van der Waals surface area contributed by atoms with Crippen LogP contribution in [0.5, 0.6) is 0 Å². The van der Waals surface area contributed by atoms with Crippen LogP contribution in [0.25, 0.3) is 0 Å². The van der Waals surface area contributed by atoms with Gasteiger partial charge in [0.2, 0.25) is 0 Å². The molecule has 14 heavy (non-hydrogen) atoms. The maximum atomic E-state index is 6.01. The van der Waals surface area contributed by atoms with E-state index in [0.717, 1.165) is 37.7 Å². The Morgan fingerprint density at radius 3 is 2.71 bits per heavy atom. The first kappa shape index (κ1) is 10.4. The Morgan fingerprint density at radius 1 is 1.43 bits per heavy atom. The lowest BCUT2D eigenvalue weighted by Crippen LogP contribution is -2.43. The van der Waals surface area contributed by atoms with E-state index >= 15 is 0 Å². The Labute approximate surface area is 94.1 Å². The summed E-state index contributed by atoms with van der Waals surface area (Å²) < 4.78 is 0. The molecule has 4 heteroatoms. The molecule has 2 rings (SSSR count). The maximum absolute atomic E-state index is 6.01. The Balaban J connectivity index is 1.89. The fraction of sp³-hybridized carbons (Fsp3) is 0.600. The van der Waals surface area contributed by atoms with Crippen molar-refractivity contribution >= 4 is 22.9 Å². The molecule has 0 spiro atoms. The monoisotopic (exact) mass is 229 g/mol. The third-order valence-electron chi connectivity index (χ3n) is 2.62. The summed E-state index contributed by atoms with van der Waals surface area (Å²) >= 11 is 7.57. The van der Waals surface area contributed by atoms with Crippen LogP contribution in [0.1, 0.15) is 5.56 Å². The van der Waals surface area contributed by atoms with Gasteiger partial charge in [-0.2, -0.15) is 0 Å². The van der Waals surface area contributed by atoms with Crippen LogP contribution in [-0.4, -0.2) is 43.0 Å². The summed E-state index contributed by atoms with van der Waals surface area (Å²) in [6.07, 6.45) is 0. The van der Waals surface area contributed by atoms with Gasteiger partial charge in [-0.3, -0.25) is 4.90 Å². The summed E-state index contributed by atoms with van der Waals surface area (Å²) in [5.74, 6) is 0. The molecule has 1 aliphatic rings. The second-order valence-corrected chi connectivity index (χ2v) is 4.81. The second kappa shape index (κ2) is 4.62. The van der Waals surface area contributed by atoms with Gasteiger partial charge in [-0.15, -0.1) is 11.3 Å². The molecule has 1 radical (unpaired) electrons. The molecular weight excluding hydrogens is 216 g/mol. The lowest BCUT2D eigenvalue weighted by molar-refractivity contribution is 0.148. The van der Waals surface area contributed by atoms with Gasteiger partial charge in [-0.25, -0.2) is 0 Å². The summed E-state index contributed by atoms with van der Waals surface area (Å²) in [5, 5.41) is 5.93. The van der Waals surface area contributed by atoms with Crippen molar-refractivity contribution in [3.63, 3.8) is 0 Å². The van der Waals surface area contributed by atoms with Crippen molar-refractivity contribution < 1.29 is 0 Å². The zero-order chi connectivity index (χ0) is 9.97. The number of rotatable bonds is 2. The minimum absolute atomic E-state index is 0.800. The van der Waals surface area contributed by atoms with Gasteiger partial charge in [0.15, 0.2) is 0 Å². The van der Waals surface area contributed by atoms with Crippen molar-refractivity contribution in [2.45, 2.75) is 6.54 Å². The lowest BCUT2D eigenvalue weighted by atomic mass is 10.2. The van der Waals surface area contributed by atoms with Gasteiger partial charge in [0.25, 0.3) is 0 Å². The molecule has 0 aliphatic carbocycles. The first-order chi connectivity index (χ1) is 6.75. The predicted molar refractivity (Wildman–Crippen MR) is 60.9 cm³/mol. The zero-order valence-corrected chi connectivity index (χ0v) is 9.87. The Kier molecular flexibility index (Phi) is 3.44. The molecule has 0 amide bonds. The molecule has 1 aliphatic heterocycles. The second-order valence-electron chi connectivity index (χ2n) is 3.76. The highest BCUT2D eigenvalue weighted by molar-refractivity contribution is 7.08. The molecule has 77 valence electrons. The lowest BCUT2D eigenvalue weighted by Gasteiger charge is -2.32. The summed E-state index contributed by atoms with van der Waals surface area (Å²) in [7, 11) is 2.17. The van der Waals surface area contributed by atoms with Crippen molar-refractivity contribution in [2.24, 2.45) is 0 Å². The number of piperazine rings is 1. The quantitative estimate of drug-likeness (QED) is 0.765. The van der Waals surface area contributed by atoms with Crippen LogP contribution in [0.15, 0.2) is 5.38 Å². The van der Waals surface area contributed by atoms with Gasteiger partial charge in [0.05, 0.1) is 10.4 Å². The van der Waals surface area contributed by atoms with Gasteiger partial charge in [-0.1, -0.05) is 11.6 Å². The Morgan fingerprint density at radius 2 is 2.14 bits per heavy atom. The van der Waals surface area contributed by atoms with Crippen LogP contribution in [0.4, 0.5) is 0 Å². The fourth-order valence-electron chi connectivity index (χ4n) is 1.62. The smallest absolute Gasteiger partial charge is 0.0647 e. The van der Waals surface area contributed by atoms with Crippen molar-refractivity contribution in [1.82, 2.24) is 9.80 Å².